The van der Waals surface area contributed by atoms with Crippen molar-refractivity contribution in [1.82, 2.24) is 5.32 Å². The zero-order valence-electron chi connectivity index (χ0n) is 10.3. The Labute approximate surface area is 97.7 Å². The molecule has 1 aliphatic carbocycles. The maximum Gasteiger partial charge on any atom is 0.0570 e. The van der Waals surface area contributed by atoms with Crippen LogP contribution < -0.4 is 5.32 Å². The molecule has 0 heterocycles. The largest absolute Gasteiger partial charge is 0.393 e. The second kappa shape index (κ2) is 4.56. The van der Waals surface area contributed by atoms with Crippen molar-refractivity contribution in [1.29, 1.82) is 0 Å². The summed E-state index contributed by atoms with van der Waals surface area (Å²) in [6.45, 7) is 6.46. The molecule has 1 saturated carbocycles. The van der Waals surface area contributed by atoms with E-state index in [1.54, 1.807) is 0 Å². The van der Waals surface area contributed by atoms with Crippen LogP contribution in [-0.2, 0) is 0 Å². The fraction of sp³-hybridized carbons (Fsp3) is 0.571. The summed E-state index contributed by atoms with van der Waals surface area (Å²) in [7, 11) is 0. The molecular formula is C14H21NO. The molecule has 1 aromatic carbocycles. The number of rotatable bonds is 3. The first kappa shape index (κ1) is 11.6. The van der Waals surface area contributed by atoms with Gasteiger partial charge < -0.3 is 10.4 Å². The summed E-state index contributed by atoms with van der Waals surface area (Å²) in [6, 6.07) is 7.53. The van der Waals surface area contributed by atoms with Gasteiger partial charge in [0.25, 0.3) is 0 Å². The van der Waals surface area contributed by atoms with Crippen molar-refractivity contribution >= 4 is 0 Å². The Morgan fingerprint density at radius 1 is 1.19 bits per heavy atom. The van der Waals surface area contributed by atoms with Gasteiger partial charge in [0.15, 0.2) is 0 Å². The van der Waals surface area contributed by atoms with E-state index in [4.69, 9.17) is 0 Å². The molecule has 0 aromatic heterocycles. The van der Waals surface area contributed by atoms with Crippen molar-refractivity contribution in [2.24, 2.45) is 0 Å². The average Bonchev–Trinajstić information content (AvgIpc) is 2.13. The van der Waals surface area contributed by atoms with Gasteiger partial charge >= 0.3 is 0 Å². The third-order valence-corrected chi connectivity index (χ3v) is 3.34. The van der Waals surface area contributed by atoms with Gasteiger partial charge in [-0.3, -0.25) is 0 Å². The van der Waals surface area contributed by atoms with Crippen LogP contribution in [0, 0.1) is 13.8 Å². The Bertz CT molecular complexity index is 349. The molecule has 0 saturated heterocycles. The Balaban J connectivity index is 2.00. The van der Waals surface area contributed by atoms with E-state index in [0.717, 1.165) is 12.8 Å². The molecule has 0 amide bonds. The van der Waals surface area contributed by atoms with Gasteiger partial charge in [-0.2, -0.15) is 0 Å². The zero-order valence-corrected chi connectivity index (χ0v) is 10.3. The molecule has 2 rings (SSSR count). The molecule has 1 fully saturated rings. The lowest BCUT2D eigenvalue weighted by Gasteiger charge is -2.34. The SMILES string of the molecule is Cc1cc(C)cc(C(C)NC2CC(O)C2)c1. The summed E-state index contributed by atoms with van der Waals surface area (Å²) in [6.07, 6.45) is 1.72. The second-order valence-corrected chi connectivity index (χ2v) is 5.13. The summed E-state index contributed by atoms with van der Waals surface area (Å²) < 4.78 is 0. The number of hydrogen-bond donors (Lipinski definition) is 2. The minimum atomic E-state index is -0.0797. The molecule has 0 spiro atoms. The number of hydrogen-bond acceptors (Lipinski definition) is 2. The van der Waals surface area contributed by atoms with Crippen LogP contribution in [0.4, 0.5) is 0 Å². The van der Waals surface area contributed by atoms with Crippen LogP contribution >= 0.6 is 0 Å². The maximum absolute atomic E-state index is 9.25. The number of aliphatic hydroxyl groups excluding tert-OH is 1. The summed E-state index contributed by atoms with van der Waals surface area (Å²) in [5, 5.41) is 12.8. The predicted molar refractivity (Wildman–Crippen MR) is 66.5 cm³/mol. The Kier molecular flexibility index (Phi) is 3.31. The summed E-state index contributed by atoms with van der Waals surface area (Å²) in [4.78, 5) is 0. The molecular weight excluding hydrogens is 198 g/mol. The first-order valence-electron chi connectivity index (χ1n) is 6.07. The molecule has 1 atom stereocenters. The molecule has 0 aliphatic heterocycles. The highest BCUT2D eigenvalue weighted by atomic mass is 16.3. The monoisotopic (exact) mass is 219 g/mol. The van der Waals surface area contributed by atoms with Gasteiger partial charge in [-0.15, -0.1) is 0 Å². The Morgan fingerprint density at radius 3 is 2.25 bits per heavy atom. The third kappa shape index (κ3) is 2.63. The normalized spacial score (nSPS) is 26.2. The Hall–Kier alpha value is -0.860. The van der Waals surface area contributed by atoms with Crippen molar-refractivity contribution in [3.8, 4) is 0 Å². The molecule has 1 aromatic rings. The topological polar surface area (TPSA) is 32.3 Å². The van der Waals surface area contributed by atoms with E-state index in [1.165, 1.54) is 16.7 Å². The fourth-order valence-electron chi connectivity index (χ4n) is 2.43. The molecule has 88 valence electrons. The Morgan fingerprint density at radius 2 is 1.75 bits per heavy atom. The number of nitrogens with one attached hydrogen (secondary N) is 1. The summed E-state index contributed by atoms with van der Waals surface area (Å²) >= 11 is 0. The summed E-state index contributed by atoms with van der Waals surface area (Å²) in [5.74, 6) is 0. The lowest BCUT2D eigenvalue weighted by molar-refractivity contribution is 0.0586. The molecule has 16 heavy (non-hydrogen) atoms. The lowest BCUT2D eigenvalue weighted by atomic mass is 9.88. The number of aliphatic hydroxyl groups is 1. The average molecular weight is 219 g/mol. The van der Waals surface area contributed by atoms with Crippen molar-refractivity contribution in [3.63, 3.8) is 0 Å². The molecule has 1 aliphatic rings. The number of benzene rings is 1. The summed E-state index contributed by atoms with van der Waals surface area (Å²) in [5.41, 5.74) is 3.98. The molecule has 1 unspecified atom stereocenters. The van der Waals surface area contributed by atoms with Crippen molar-refractivity contribution in [2.45, 2.75) is 51.8 Å². The van der Waals surface area contributed by atoms with Crippen LogP contribution in [0.1, 0.15) is 42.5 Å². The van der Waals surface area contributed by atoms with Crippen molar-refractivity contribution in [2.75, 3.05) is 0 Å². The van der Waals surface area contributed by atoms with Gasteiger partial charge in [-0.05, 0) is 39.2 Å². The van der Waals surface area contributed by atoms with Gasteiger partial charge in [-0.25, -0.2) is 0 Å². The standard InChI is InChI=1S/C14H21NO/c1-9-4-10(2)6-12(5-9)11(3)15-13-7-14(16)8-13/h4-6,11,13-16H,7-8H2,1-3H3. The minimum absolute atomic E-state index is 0.0797. The van der Waals surface area contributed by atoms with Crippen LogP contribution in [0.2, 0.25) is 0 Å². The van der Waals surface area contributed by atoms with Crippen LogP contribution in [0.5, 0.6) is 0 Å². The lowest BCUT2D eigenvalue weighted by Crippen LogP contribution is -2.45. The van der Waals surface area contributed by atoms with Gasteiger partial charge in [0, 0.05) is 12.1 Å². The van der Waals surface area contributed by atoms with E-state index in [-0.39, 0.29) is 6.10 Å². The van der Waals surface area contributed by atoms with Crippen LogP contribution in [-0.4, -0.2) is 17.3 Å². The van der Waals surface area contributed by atoms with Crippen LogP contribution in [0.15, 0.2) is 18.2 Å². The van der Waals surface area contributed by atoms with E-state index in [9.17, 15) is 5.11 Å². The molecule has 0 radical (unpaired) electrons. The van der Waals surface area contributed by atoms with E-state index in [1.807, 2.05) is 0 Å². The first-order valence-corrected chi connectivity index (χ1v) is 6.07. The van der Waals surface area contributed by atoms with Crippen molar-refractivity contribution in [3.05, 3.63) is 34.9 Å². The van der Waals surface area contributed by atoms with E-state index in [0.29, 0.717) is 12.1 Å². The van der Waals surface area contributed by atoms with Gasteiger partial charge in [0.2, 0.25) is 0 Å². The maximum atomic E-state index is 9.25. The highest BCUT2D eigenvalue weighted by Gasteiger charge is 2.28. The van der Waals surface area contributed by atoms with E-state index >= 15 is 0 Å². The van der Waals surface area contributed by atoms with Crippen molar-refractivity contribution < 1.29 is 5.11 Å². The fourth-order valence-corrected chi connectivity index (χ4v) is 2.43. The smallest absolute Gasteiger partial charge is 0.0570 e. The molecule has 2 heteroatoms. The van der Waals surface area contributed by atoms with Crippen LogP contribution in [0.3, 0.4) is 0 Å². The second-order valence-electron chi connectivity index (χ2n) is 5.13. The third-order valence-electron chi connectivity index (χ3n) is 3.34. The van der Waals surface area contributed by atoms with Crippen LogP contribution in [0.25, 0.3) is 0 Å². The van der Waals surface area contributed by atoms with E-state index in [2.05, 4.69) is 44.3 Å². The zero-order chi connectivity index (χ0) is 11.7. The van der Waals surface area contributed by atoms with Gasteiger partial charge in [0.05, 0.1) is 6.10 Å². The first-order chi connectivity index (χ1) is 7.54. The highest BCUT2D eigenvalue weighted by Crippen LogP contribution is 2.24. The number of aryl methyl sites for hydroxylation is 2. The minimum Gasteiger partial charge on any atom is -0.393 e. The molecule has 2 N–H and O–H groups in total. The highest BCUT2D eigenvalue weighted by molar-refractivity contribution is 5.30. The predicted octanol–water partition coefficient (Wildman–Crippen LogP) is 2.48. The molecule has 2 nitrogen and oxygen atoms in total. The van der Waals surface area contributed by atoms with Gasteiger partial charge in [0.1, 0.15) is 0 Å². The van der Waals surface area contributed by atoms with Gasteiger partial charge in [-0.1, -0.05) is 29.3 Å². The molecule has 0 bridgehead atoms. The van der Waals surface area contributed by atoms with E-state index < -0.39 is 0 Å². The quantitative estimate of drug-likeness (QED) is 0.818.